The first-order valence-corrected chi connectivity index (χ1v) is 6.33. The van der Waals surface area contributed by atoms with Gasteiger partial charge >= 0.3 is 0 Å². The number of aryl methyl sites for hydroxylation is 1. The number of rotatable bonds is 3. The van der Waals surface area contributed by atoms with Gasteiger partial charge in [0.2, 0.25) is 5.95 Å². The average Bonchev–Trinajstić information content (AvgIpc) is 2.94. The highest BCUT2D eigenvalue weighted by Crippen LogP contribution is 2.10. The molecule has 0 spiro atoms. The molecule has 5 heteroatoms. The number of hydrogen-bond acceptors (Lipinski definition) is 4. The second-order valence-corrected chi connectivity index (χ2v) is 4.71. The van der Waals surface area contributed by atoms with Crippen molar-refractivity contribution in [2.45, 2.75) is 13.5 Å². The average molecular weight is 244 g/mol. The Balaban J connectivity index is 1.81. The maximum Gasteiger partial charge on any atom is 0.243 e. The van der Waals surface area contributed by atoms with Gasteiger partial charge in [-0.3, -0.25) is 0 Å². The van der Waals surface area contributed by atoms with E-state index in [9.17, 15) is 0 Å². The van der Waals surface area contributed by atoms with Crippen molar-refractivity contribution in [3.05, 3.63) is 46.3 Å². The lowest BCUT2D eigenvalue weighted by atomic mass is 10.3. The standard InChI is InChI=1S/C12H12N4S/c1-9-2-4-16-11(6-9)14-12(15-16)13-7-10-3-5-17-8-10/h2-6,8H,7H2,1H3,(H,13,15). The Morgan fingerprint density at radius 3 is 3.18 bits per heavy atom. The smallest absolute Gasteiger partial charge is 0.243 e. The Hall–Kier alpha value is -1.88. The number of nitrogens with zero attached hydrogens (tertiary/aromatic N) is 3. The molecule has 3 aromatic rings. The number of aromatic nitrogens is 3. The molecule has 0 aliphatic rings. The van der Waals surface area contributed by atoms with Gasteiger partial charge in [-0.1, -0.05) is 0 Å². The highest BCUT2D eigenvalue weighted by molar-refractivity contribution is 7.07. The zero-order chi connectivity index (χ0) is 11.7. The monoisotopic (exact) mass is 244 g/mol. The summed E-state index contributed by atoms with van der Waals surface area (Å²) in [7, 11) is 0. The van der Waals surface area contributed by atoms with E-state index in [0.717, 1.165) is 12.2 Å². The normalized spacial score (nSPS) is 10.9. The Kier molecular flexibility index (Phi) is 2.53. The summed E-state index contributed by atoms with van der Waals surface area (Å²) in [6, 6.07) is 6.13. The van der Waals surface area contributed by atoms with E-state index in [0.29, 0.717) is 5.95 Å². The third kappa shape index (κ3) is 2.14. The second kappa shape index (κ2) is 4.18. The summed E-state index contributed by atoms with van der Waals surface area (Å²) in [5.74, 6) is 0.668. The molecule has 0 fully saturated rings. The highest BCUT2D eigenvalue weighted by atomic mass is 32.1. The van der Waals surface area contributed by atoms with Crippen LogP contribution in [0.25, 0.3) is 5.65 Å². The van der Waals surface area contributed by atoms with E-state index in [1.54, 1.807) is 15.9 Å². The molecule has 4 nitrogen and oxygen atoms in total. The number of hydrogen-bond donors (Lipinski definition) is 1. The minimum absolute atomic E-state index is 0.668. The fourth-order valence-corrected chi connectivity index (χ4v) is 2.30. The predicted molar refractivity (Wildman–Crippen MR) is 69.4 cm³/mol. The molecule has 0 radical (unpaired) electrons. The van der Waals surface area contributed by atoms with E-state index < -0.39 is 0 Å². The second-order valence-electron chi connectivity index (χ2n) is 3.93. The largest absolute Gasteiger partial charge is 0.349 e. The van der Waals surface area contributed by atoms with Crippen LogP contribution in [-0.4, -0.2) is 14.6 Å². The van der Waals surface area contributed by atoms with Gasteiger partial charge in [0.1, 0.15) is 0 Å². The molecule has 0 bridgehead atoms. The zero-order valence-electron chi connectivity index (χ0n) is 9.42. The number of thiophene rings is 1. The van der Waals surface area contributed by atoms with E-state index in [1.165, 1.54) is 11.1 Å². The molecule has 0 saturated heterocycles. The molecule has 0 amide bonds. The molecule has 0 aliphatic heterocycles. The predicted octanol–water partition coefficient (Wildman–Crippen LogP) is 2.71. The minimum atomic E-state index is 0.668. The summed E-state index contributed by atoms with van der Waals surface area (Å²) in [6.07, 6.45) is 1.92. The maximum atomic E-state index is 4.42. The lowest BCUT2D eigenvalue weighted by molar-refractivity contribution is 0.948. The first-order valence-electron chi connectivity index (χ1n) is 5.39. The van der Waals surface area contributed by atoms with Crippen molar-refractivity contribution in [3.8, 4) is 0 Å². The molecule has 0 saturated carbocycles. The summed E-state index contributed by atoms with van der Waals surface area (Å²) in [5, 5.41) is 11.8. The highest BCUT2D eigenvalue weighted by Gasteiger charge is 2.02. The van der Waals surface area contributed by atoms with Crippen molar-refractivity contribution in [1.82, 2.24) is 14.6 Å². The van der Waals surface area contributed by atoms with Crippen LogP contribution in [0.1, 0.15) is 11.1 Å². The van der Waals surface area contributed by atoms with Crippen LogP contribution >= 0.6 is 11.3 Å². The molecule has 17 heavy (non-hydrogen) atoms. The first-order chi connectivity index (χ1) is 8.31. The minimum Gasteiger partial charge on any atom is -0.349 e. The molecule has 1 N–H and O–H groups in total. The molecule has 3 rings (SSSR count). The fraction of sp³-hybridized carbons (Fsp3) is 0.167. The van der Waals surface area contributed by atoms with E-state index in [-0.39, 0.29) is 0 Å². The molecular formula is C12H12N4S. The van der Waals surface area contributed by atoms with Crippen LogP contribution in [0.4, 0.5) is 5.95 Å². The van der Waals surface area contributed by atoms with Crippen molar-refractivity contribution in [3.63, 3.8) is 0 Å². The Morgan fingerprint density at radius 2 is 2.35 bits per heavy atom. The van der Waals surface area contributed by atoms with Crippen LogP contribution in [0.3, 0.4) is 0 Å². The fourth-order valence-electron chi connectivity index (χ4n) is 1.63. The quantitative estimate of drug-likeness (QED) is 0.770. The van der Waals surface area contributed by atoms with Crippen molar-refractivity contribution in [2.24, 2.45) is 0 Å². The SMILES string of the molecule is Cc1ccn2nc(NCc3ccsc3)nc2c1. The third-order valence-electron chi connectivity index (χ3n) is 2.52. The van der Waals surface area contributed by atoms with Crippen LogP contribution in [0, 0.1) is 6.92 Å². The van der Waals surface area contributed by atoms with Crippen LogP contribution in [0.2, 0.25) is 0 Å². The topological polar surface area (TPSA) is 42.2 Å². The summed E-state index contributed by atoms with van der Waals surface area (Å²) < 4.78 is 1.78. The van der Waals surface area contributed by atoms with Crippen LogP contribution in [0.5, 0.6) is 0 Å². The van der Waals surface area contributed by atoms with Gasteiger partial charge in [0.05, 0.1) is 0 Å². The molecule has 0 aliphatic carbocycles. The molecule has 0 unspecified atom stereocenters. The van der Waals surface area contributed by atoms with Gasteiger partial charge < -0.3 is 5.32 Å². The number of pyridine rings is 1. The molecular weight excluding hydrogens is 232 g/mol. The Morgan fingerprint density at radius 1 is 1.41 bits per heavy atom. The summed E-state index contributed by atoms with van der Waals surface area (Å²) in [6.45, 7) is 2.81. The van der Waals surface area contributed by atoms with Crippen molar-refractivity contribution >= 4 is 22.9 Å². The molecule has 86 valence electrons. The van der Waals surface area contributed by atoms with E-state index in [2.05, 4.69) is 32.2 Å². The zero-order valence-corrected chi connectivity index (χ0v) is 10.2. The maximum absolute atomic E-state index is 4.42. The number of nitrogens with one attached hydrogen (secondary N) is 1. The molecule has 3 heterocycles. The van der Waals surface area contributed by atoms with Gasteiger partial charge in [-0.25, -0.2) is 4.52 Å². The summed E-state index contributed by atoms with van der Waals surface area (Å²) >= 11 is 1.70. The summed E-state index contributed by atoms with van der Waals surface area (Å²) in [4.78, 5) is 4.42. The van der Waals surface area contributed by atoms with E-state index in [4.69, 9.17) is 0 Å². The van der Waals surface area contributed by atoms with E-state index in [1.807, 2.05) is 25.3 Å². The molecule has 0 atom stereocenters. The third-order valence-corrected chi connectivity index (χ3v) is 3.26. The summed E-state index contributed by atoms with van der Waals surface area (Å²) in [5.41, 5.74) is 3.32. The Labute approximate surface area is 103 Å². The van der Waals surface area contributed by atoms with Gasteiger partial charge in [-0.15, -0.1) is 5.10 Å². The first kappa shape index (κ1) is 10.3. The lowest BCUT2D eigenvalue weighted by Gasteiger charge is -1.97. The number of anilines is 1. The van der Waals surface area contributed by atoms with Crippen molar-refractivity contribution < 1.29 is 0 Å². The lowest BCUT2D eigenvalue weighted by Crippen LogP contribution is -1.99. The van der Waals surface area contributed by atoms with Crippen LogP contribution < -0.4 is 5.32 Å². The van der Waals surface area contributed by atoms with Crippen LogP contribution in [-0.2, 0) is 6.54 Å². The van der Waals surface area contributed by atoms with Crippen molar-refractivity contribution in [2.75, 3.05) is 5.32 Å². The van der Waals surface area contributed by atoms with Gasteiger partial charge in [-0.2, -0.15) is 16.3 Å². The van der Waals surface area contributed by atoms with E-state index >= 15 is 0 Å². The molecule has 3 aromatic heterocycles. The Bertz CT molecular complexity index is 627. The van der Waals surface area contributed by atoms with Gasteiger partial charge in [0.25, 0.3) is 0 Å². The van der Waals surface area contributed by atoms with Gasteiger partial charge in [0.15, 0.2) is 5.65 Å². The van der Waals surface area contributed by atoms with Gasteiger partial charge in [0, 0.05) is 12.7 Å². The molecule has 0 aromatic carbocycles. The van der Waals surface area contributed by atoms with Crippen LogP contribution in [0.15, 0.2) is 35.2 Å². The van der Waals surface area contributed by atoms with Gasteiger partial charge in [-0.05, 0) is 47.0 Å². The number of fused-ring (bicyclic) bond motifs is 1. The van der Waals surface area contributed by atoms with Crippen molar-refractivity contribution in [1.29, 1.82) is 0 Å².